The molecule has 0 fully saturated rings. The van der Waals surface area contributed by atoms with Gasteiger partial charge in [-0.05, 0) is 49.0 Å². The van der Waals surface area contributed by atoms with E-state index in [4.69, 9.17) is 0 Å². The van der Waals surface area contributed by atoms with E-state index in [-0.39, 0.29) is 6.10 Å². The molecule has 2 rings (SSSR count). The highest BCUT2D eigenvalue weighted by Crippen LogP contribution is 2.21. The first-order valence-corrected chi connectivity index (χ1v) is 6.62. The number of pyridine rings is 1. The Labute approximate surface area is 103 Å². The number of aliphatic hydroxyl groups excluding tert-OH is 1. The summed E-state index contributed by atoms with van der Waals surface area (Å²) in [6, 6.07) is 3.96. The van der Waals surface area contributed by atoms with Gasteiger partial charge in [-0.2, -0.15) is 0 Å². The van der Waals surface area contributed by atoms with E-state index in [0.29, 0.717) is 6.42 Å². The highest BCUT2D eigenvalue weighted by Gasteiger charge is 2.12. The number of allylic oxidation sites excluding steroid dienone is 1. The maximum Gasteiger partial charge on any atom is 0.0790 e. The van der Waals surface area contributed by atoms with Crippen molar-refractivity contribution in [2.45, 2.75) is 51.0 Å². The molecule has 0 aromatic carbocycles. The van der Waals surface area contributed by atoms with Crippen LogP contribution in [0.5, 0.6) is 0 Å². The largest absolute Gasteiger partial charge is 0.388 e. The quantitative estimate of drug-likeness (QED) is 0.810. The average Bonchev–Trinajstić information content (AvgIpc) is 2.29. The van der Waals surface area contributed by atoms with Crippen LogP contribution in [-0.2, 0) is 6.42 Å². The van der Waals surface area contributed by atoms with Gasteiger partial charge in [0.15, 0.2) is 0 Å². The first-order valence-electron chi connectivity index (χ1n) is 6.62. The van der Waals surface area contributed by atoms with Crippen LogP contribution in [0.2, 0.25) is 0 Å². The number of hydrogen-bond acceptors (Lipinski definition) is 2. The van der Waals surface area contributed by atoms with E-state index in [9.17, 15) is 5.11 Å². The maximum absolute atomic E-state index is 10.3. The molecule has 0 saturated carbocycles. The van der Waals surface area contributed by atoms with E-state index in [2.05, 4.69) is 11.1 Å². The van der Waals surface area contributed by atoms with Crippen LogP contribution in [0.1, 0.15) is 44.1 Å². The van der Waals surface area contributed by atoms with Crippen LogP contribution in [0.4, 0.5) is 0 Å². The predicted octanol–water partition coefficient (Wildman–Crippen LogP) is 3.27. The molecule has 0 radical (unpaired) electrons. The van der Waals surface area contributed by atoms with Crippen molar-refractivity contribution in [1.82, 2.24) is 4.98 Å². The second-order valence-corrected chi connectivity index (χ2v) is 4.81. The third kappa shape index (κ3) is 3.97. The fourth-order valence-electron chi connectivity index (χ4n) is 2.39. The number of nitrogens with zero attached hydrogens (tertiary/aromatic N) is 1. The van der Waals surface area contributed by atoms with Gasteiger partial charge in [0.25, 0.3) is 0 Å². The molecule has 1 aromatic rings. The van der Waals surface area contributed by atoms with Gasteiger partial charge in [0, 0.05) is 18.8 Å². The Bertz CT molecular complexity index is 358. The fourth-order valence-corrected chi connectivity index (χ4v) is 2.39. The summed E-state index contributed by atoms with van der Waals surface area (Å²) >= 11 is 0. The van der Waals surface area contributed by atoms with Crippen LogP contribution in [0.25, 0.3) is 0 Å². The summed E-state index contributed by atoms with van der Waals surface area (Å²) in [6.45, 7) is 0. The summed E-state index contributed by atoms with van der Waals surface area (Å²) in [5, 5.41) is 10.3. The third-order valence-electron chi connectivity index (χ3n) is 3.43. The van der Waals surface area contributed by atoms with Crippen molar-refractivity contribution in [2.75, 3.05) is 0 Å². The number of aromatic nitrogens is 1. The lowest BCUT2D eigenvalue weighted by atomic mass is 9.93. The van der Waals surface area contributed by atoms with Crippen molar-refractivity contribution in [3.05, 3.63) is 41.7 Å². The van der Waals surface area contributed by atoms with Gasteiger partial charge in [-0.25, -0.2) is 0 Å². The predicted molar refractivity (Wildman–Crippen MR) is 69.7 cm³/mol. The van der Waals surface area contributed by atoms with Crippen molar-refractivity contribution in [1.29, 1.82) is 0 Å². The highest BCUT2D eigenvalue weighted by molar-refractivity contribution is 5.17. The lowest BCUT2D eigenvalue weighted by Gasteiger charge is -2.17. The number of aliphatic hydroxyl groups is 1. The Morgan fingerprint density at radius 2 is 1.88 bits per heavy atom. The third-order valence-corrected chi connectivity index (χ3v) is 3.43. The molecule has 1 N–H and O–H groups in total. The highest BCUT2D eigenvalue weighted by atomic mass is 16.3. The van der Waals surface area contributed by atoms with Gasteiger partial charge in [0.2, 0.25) is 0 Å². The van der Waals surface area contributed by atoms with Crippen LogP contribution in [0.15, 0.2) is 36.2 Å². The standard InChI is InChI=1S/C15H21NO/c17-15(12-13-8-10-16-11-9-13)14-6-4-2-1-3-5-7-14/h6,8-11,15,17H,1-5,7,12H2/b14-6+. The lowest BCUT2D eigenvalue weighted by molar-refractivity contribution is 0.205. The molecular weight excluding hydrogens is 210 g/mol. The monoisotopic (exact) mass is 231 g/mol. The van der Waals surface area contributed by atoms with Crippen LogP contribution in [-0.4, -0.2) is 16.2 Å². The molecule has 0 saturated heterocycles. The van der Waals surface area contributed by atoms with Crippen LogP contribution in [0.3, 0.4) is 0 Å². The minimum atomic E-state index is -0.310. The van der Waals surface area contributed by atoms with E-state index in [1.807, 2.05) is 12.1 Å². The molecule has 1 aromatic heterocycles. The normalized spacial score (nSPS) is 22.1. The van der Waals surface area contributed by atoms with Gasteiger partial charge in [-0.3, -0.25) is 4.98 Å². The molecule has 1 aliphatic rings. The van der Waals surface area contributed by atoms with Gasteiger partial charge in [0.1, 0.15) is 0 Å². The molecular formula is C15H21NO. The Morgan fingerprint density at radius 3 is 2.71 bits per heavy atom. The van der Waals surface area contributed by atoms with E-state index >= 15 is 0 Å². The molecule has 17 heavy (non-hydrogen) atoms. The summed E-state index contributed by atoms with van der Waals surface area (Å²) < 4.78 is 0. The molecule has 0 spiro atoms. The van der Waals surface area contributed by atoms with Crippen molar-refractivity contribution in [3.63, 3.8) is 0 Å². The lowest BCUT2D eigenvalue weighted by Crippen LogP contribution is -2.14. The van der Waals surface area contributed by atoms with E-state index < -0.39 is 0 Å². The first-order chi connectivity index (χ1) is 8.36. The molecule has 1 atom stereocenters. The average molecular weight is 231 g/mol. The van der Waals surface area contributed by atoms with Crippen LogP contribution in [0, 0.1) is 0 Å². The second-order valence-electron chi connectivity index (χ2n) is 4.81. The molecule has 92 valence electrons. The minimum Gasteiger partial charge on any atom is -0.388 e. The topological polar surface area (TPSA) is 33.1 Å². The van der Waals surface area contributed by atoms with Gasteiger partial charge < -0.3 is 5.11 Å². The van der Waals surface area contributed by atoms with Crippen LogP contribution >= 0.6 is 0 Å². The summed E-state index contributed by atoms with van der Waals surface area (Å²) in [6.07, 6.45) is 13.6. The Kier molecular flexibility index (Phi) is 4.75. The molecule has 1 aliphatic carbocycles. The van der Waals surface area contributed by atoms with Gasteiger partial charge in [-0.15, -0.1) is 0 Å². The summed E-state index contributed by atoms with van der Waals surface area (Å²) in [5.74, 6) is 0. The zero-order valence-corrected chi connectivity index (χ0v) is 10.3. The van der Waals surface area contributed by atoms with Crippen molar-refractivity contribution < 1.29 is 5.11 Å². The zero-order chi connectivity index (χ0) is 11.9. The van der Waals surface area contributed by atoms with Gasteiger partial charge in [-0.1, -0.05) is 18.9 Å². The van der Waals surface area contributed by atoms with Crippen molar-refractivity contribution in [3.8, 4) is 0 Å². The molecule has 2 nitrogen and oxygen atoms in total. The molecule has 1 unspecified atom stereocenters. The zero-order valence-electron chi connectivity index (χ0n) is 10.3. The molecule has 0 aliphatic heterocycles. The fraction of sp³-hybridized carbons (Fsp3) is 0.533. The summed E-state index contributed by atoms with van der Waals surface area (Å²) in [5.41, 5.74) is 2.40. The Morgan fingerprint density at radius 1 is 1.12 bits per heavy atom. The van der Waals surface area contributed by atoms with E-state index in [1.54, 1.807) is 12.4 Å². The van der Waals surface area contributed by atoms with Gasteiger partial charge >= 0.3 is 0 Å². The van der Waals surface area contributed by atoms with Crippen LogP contribution < -0.4 is 0 Å². The smallest absolute Gasteiger partial charge is 0.0790 e. The van der Waals surface area contributed by atoms with Crippen molar-refractivity contribution >= 4 is 0 Å². The van der Waals surface area contributed by atoms with E-state index in [0.717, 1.165) is 18.4 Å². The number of rotatable bonds is 3. The molecule has 0 bridgehead atoms. The molecule has 1 heterocycles. The SMILES string of the molecule is OC(Cc1ccncc1)/C1=C/CCCCCC1. The Balaban J connectivity index is 1.96. The minimum absolute atomic E-state index is 0.310. The molecule has 2 heteroatoms. The summed E-state index contributed by atoms with van der Waals surface area (Å²) in [4.78, 5) is 4.00. The first kappa shape index (κ1) is 12.3. The van der Waals surface area contributed by atoms with E-state index in [1.165, 1.54) is 31.3 Å². The van der Waals surface area contributed by atoms with Gasteiger partial charge in [0.05, 0.1) is 6.10 Å². The maximum atomic E-state index is 10.3. The molecule has 0 amide bonds. The second kappa shape index (κ2) is 6.55. The number of hydrogen-bond donors (Lipinski definition) is 1. The Hall–Kier alpha value is -1.15. The summed E-state index contributed by atoms with van der Waals surface area (Å²) in [7, 11) is 0. The van der Waals surface area contributed by atoms with Crippen molar-refractivity contribution in [2.24, 2.45) is 0 Å².